The summed E-state index contributed by atoms with van der Waals surface area (Å²) in [5.74, 6) is 0.0210. The summed E-state index contributed by atoms with van der Waals surface area (Å²) in [6.45, 7) is 0. The van der Waals surface area contributed by atoms with Crippen LogP contribution in [0.4, 0.5) is 28.7 Å². The van der Waals surface area contributed by atoms with Crippen LogP contribution in [0, 0.1) is 20.2 Å². The van der Waals surface area contributed by atoms with E-state index in [0.717, 1.165) is 12.3 Å². The van der Waals surface area contributed by atoms with Crippen molar-refractivity contribution in [3.05, 3.63) is 69.0 Å². The van der Waals surface area contributed by atoms with Crippen LogP contribution in [0.25, 0.3) is 0 Å². The van der Waals surface area contributed by atoms with Crippen molar-refractivity contribution in [3.8, 4) is 5.75 Å². The molecule has 0 saturated heterocycles. The van der Waals surface area contributed by atoms with E-state index >= 15 is 0 Å². The van der Waals surface area contributed by atoms with Crippen molar-refractivity contribution in [2.75, 3.05) is 17.1 Å². The van der Waals surface area contributed by atoms with Gasteiger partial charge in [0.1, 0.15) is 11.9 Å². The maximum Gasteiger partial charge on any atom is 0.318 e. The largest absolute Gasteiger partial charge is 0.495 e. The van der Waals surface area contributed by atoms with Gasteiger partial charge in [-0.3, -0.25) is 25.0 Å². The molecular weight excluding hydrogens is 434 g/mol. The number of pyridine rings is 1. The lowest BCUT2D eigenvalue weighted by Gasteiger charge is -2.09. The Bertz CT molecular complexity index is 1250. The summed E-state index contributed by atoms with van der Waals surface area (Å²) in [5.41, 5.74) is -0.876. The highest BCUT2D eigenvalue weighted by molar-refractivity contribution is 7.92. The van der Waals surface area contributed by atoms with Gasteiger partial charge in [0.15, 0.2) is 5.82 Å². The molecule has 31 heavy (non-hydrogen) atoms. The summed E-state index contributed by atoms with van der Waals surface area (Å²) >= 11 is 0. The molecule has 2 aromatic heterocycles. The van der Waals surface area contributed by atoms with Gasteiger partial charge in [0.25, 0.3) is 15.7 Å². The standard InChI is InChI=1S/C16H13N7O7S/c1-30-12-7-15(20-18-9-12)21-31(28,29)13-4-2-10(3-5-13)19-16-14(23(26)27)6-11(8-17-16)22(24)25/h2-9H,1H3,(H,17,19)(H,20,21). The Morgan fingerprint density at radius 1 is 1.03 bits per heavy atom. The number of ether oxygens (including phenoxy) is 1. The van der Waals surface area contributed by atoms with Crippen molar-refractivity contribution < 1.29 is 23.0 Å². The van der Waals surface area contributed by atoms with Crippen LogP contribution in [0.3, 0.4) is 0 Å². The SMILES string of the molecule is COc1cnnc(NS(=O)(=O)c2ccc(Nc3ncc([N+](=O)[O-])cc3[N+](=O)[O-])cc2)c1. The van der Waals surface area contributed by atoms with E-state index in [-0.39, 0.29) is 22.2 Å². The molecule has 0 aliphatic heterocycles. The van der Waals surface area contributed by atoms with Crippen LogP contribution in [0.5, 0.6) is 5.75 Å². The molecule has 0 fully saturated rings. The molecule has 0 aliphatic rings. The molecule has 0 atom stereocenters. The van der Waals surface area contributed by atoms with Crippen LogP contribution in [0.15, 0.2) is 53.7 Å². The quantitative estimate of drug-likeness (QED) is 0.380. The predicted octanol–water partition coefficient (Wildman–Crippen LogP) is 2.24. The minimum Gasteiger partial charge on any atom is -0.495 e. The summed E-state index contributed by atoms with van der Waals surface area (Å²) in [5, 5.41) is 31.9. The first kappa shape index (κ1) is 21.3. The molecule has 15 heteroatoms. The molecule has 3 aromatic rings. The first-order chi connectivity index (χ1) is 14.7. The van der Waals surface area contributed by atoms with Crippen LogP contribution in [0.1, 0.15) is 0 Å². The maximum absolute atomic E-state index is 12.5. The third kappa shape index (κ3) is 4.96. The Morgan fingerprint density at radius 3 is 2.35 bits per heavy atom. The van der Waals surface area contributed by atoms with Gasteiger partial charge in [0.2, 0.25) is 5.82 Å². The van der Waals surface area contributed by atoms with Crippen molar-refractivity contribution >= 4 is 38.7 Å². The number of sulfonamides is 1. The van der Waals surface area contributed by atoms with E-state index < -0.39 is 31.2 Å². The van der Waals surface area contributed by atoms with Crippen molar-refractivity contribution in [2.45, 2.75) is 4.90 Å². The maximum atomic E-state index is 12.5. The average molecular weight is 447 g/mol. The fourth-order valence-electron chi connectivity index (χ4n) is 2.34. The Morgan fingerprint density at radius 2 is 1.74 bits per heavy atom. The lowest BCUT2D eigenvalue weighted by atomic mass is 10.3. The summed E-state index contributed by atoms with van der Waals surface area (Å²) < 4.78 is 32.2. The molecule has 2 N–H and O–H groups in total. The van der Waals surface area contributed by atoms with E-state index in [9.17, 15) is 28.6 Å². The van der Waals surface area contributed by atoms with Crippen molar-refractivity contribution in [3.63, 3.8) is 0 Å². The lowest BCUT2D eigenvalue weighted by Crippen LogP contribution is -2.14. The summed E-state index contributed by atoms with van der Waals surface area (Å²) in [6, 6.07) is 7.30. The van der Waals surface area contributed by atoms with Gasteiger partial charge in [-0.2, -0.15) is 5.10 Å². The van der Waals surface area contributed by atoms with E-state index in [0.29, 0.717) is 5.75 Å². The molecule has 160 valence electrons. The van der Waals surface area contributed by atoms with E-state index in [1.807, 2.05) is 0 Å². The smallest absolute Gasteiger partial charge is 0.318 e. The highest BCUT2D eigenvalue weighted by Gasteiger charge is 2.21. The summed E-state index contributed by atoms with van der Waals surface area (Å²) in [7, 11) is -2.61. The molecule has 0 amide bonds. The third-order valence-corrected chi connectivity index (χ3v) is 5.16. The van der Waals surface area contributed by atoms with Crippen molar-refractivity contribution in [1.29, 1.82) is 0 Å². The van der Waals surface area contributed by atoms with E-state index in [1.165, 1.54) is 43.6 Å². The molecule has 0 saturated carbocycles. The number of anilines is 3. The highest BCUT2D eigenvalue weighted by atomic mass is 32.2. The average Bonchev–Trinajstić information content (AvgIpc) is 2.74. The van der Waals surface area contributed by atoms with Gasteiger partial charge >= 0.3 is 5.69 Å². The topological polar surface area (TPSA) is 192 Å². The lowest BCUT2D eigenvalue weighted by molar-refractivity contribution is -0.394. The molecule has 0 unspecified atom stereocenters. The zero-order chi connectivity index (χ0) is 22.6. The number of methoxy groups -OCH3 is 1. The Hall–Kier alpha value is -4.40. The summed E-state index contributed by atoms with van der Waals surface area (Å²) in [4.78, 5) is 23.9. The molecule has 0 spiro atoms. The number of nitro groups is 2. The molecule has 0 radical (unpaired) electrons. The number of benzene rings is 1. The van der Waals surface area contributed by atoms with Gasteiger partial charge in [0.05, 0.1) is 34.1 Å². The molecular formula is C16H13N7O7S. The first-order valence-corrected chi connectivity index (χ1v) is 9.73. The number of hydrogen-bond donors (Lipinski definition) is 2. The fourth-order valence-corrected chi connectivity index (χ4v) is 3.33. The second-order valence-electron chi connectivity index (χ2n) is 5.81. The normalized spacial score (nSPS) is 10.9. The second-order valence-corrected chi connectivity index (χ2v) is 7.49. The number of hydrogen-bond acceptors (Lipinski definition) is 11. The van der Waals surface area contributed by atoms with Crippen LogP contribution in [-0.2, 0) is 10.0 Å². The molecule has 0 bridgehead atoms. The molecule has 14 nitrogen and oxygen atoms in total. The number of rotatable bonds is 8. The van der Waals surface area contributed by atoms with Crippen molar-refractivity contribution in [2.24, 2.45) is 0 Å². The van der Waals surface area contributed by atoms with Crippen LogP contribution >= 0.6 is 0 Å². The molecule has 2 heterocycles. The molecule has 1 aromatic carbocycles. The Balaban J connectivity index is 1.81. The summed E-state index contributed by atoms with van der Waals surface area (Å²) in [6.07, 6.45) is 2.18. The first-order valence-electron chi connectivity index (χ1n) is 8.25. The van der Waals surface area contributed by atoms with Gasteiger partial charge < -0.3 is 10.1 Å². The zero-order valence-corrected chi connectivity index (χ0v) is 16.4. The number of nitrogens with zero attached hydrogens (tertiary/aromatic N) is 5. The Labute approximate surface area is 174 Å². The number of aromatic nitrogens is 3. The fraction of sp³-hybridized carbons (Fsp3) is 0.0625. The minimum absolute atomic E-state index is 0.0488. The molecule has 3 rings (SSSR count). The van der Waals surface area contributed by atoms with Gasteiger partial charge in [-0.1, -0.05) is 0 Å². The third-order valence-electron chi connectivity index (χ3n) is 3.79. The van der Waals surface area contributed by atoms with Crippen LogP contribution in [0.2, 0.25) is 0 Å². The van der Waals surface area contributed by atoms with Gasteiger partial charge in [-0.05, 0) is 24.3 Å². The molecule has 0 aliphatic carbocycles. The van der Waals surface area contributed by atoms with Gasteiger partial charge in [-0.15, -0.1) is 5.10 Å². The monoisotopic (exact) mass is 447 g/mol. The van der Waals surface area contributed by atoms with E-state index in [4.69, 9.17) is 4.74 Å². The van der Waals surface area contributed by atoms with Gasteiger partial charge in [-0.25, -0.2) is 13.4 Å². The Kier molecular flexibility index (Phi) is 5.87. The highest BCUT2D eigenvalue weighted by Crippen LogP contribution is 2.29. The zero-order valence-electron chi connectivity index (χ0n) is 15.6. The minimum atomic E-state index is -4.00. The van der Waals surface area contributed by atoms with Crippen molar-refractivity contribution in [1.82, 2.24) is 15.2 Å². The number of nitrogens with one attached hydrogen (secondary N) is 2. The van der Waals surface area contributed by atoms with E-state index in [2.05, 4.69) is 25.2 Å². The predicted molar refractivity (Wildman–Crippen MR) is 107 cm³/mol. The van der Waals surface area contributed by atoms with Gasteiger partial charge in [0, 0.05) is 11.8 Å². The van der Waals surface area contributed by atoms with E-state index in [1.54, 1.807) is 0 Å². The van der Waals surface area contributed by atoms with Crippen LogP contribution in [-0.4, -0.2) is 40.6 Å². The second kappa shape index (κ2) is 8.54. The van der Waals surface area contributed by atoms with Crippen LogP contribution < -0.4 is 14.8 Å².